The number of allylic oxidation sites excluding steroid dienone is 3. The third kappa shape index (κ3) is 4.04. The van der Waals surface area contributed by atoms with Crippen molar-refractivity contribution in [1.29, 1.82) is 0 Å². The van der Waals surface area contributed by atoms with E-state index in [1.54, 1.807) is 11.3 Å². The normalized spacial score (nSPS) is 12.5. The van der Waals surface area contributed by atoms with Crippen LogP contribution in [-0.4, -0.2) is 18.1 Å². The number of thiophene rings is 1. The molecular formula is C16H20ClN3S2. The maximum absolute atomic E-state index is 6.16. The van der Waals surface area contributed by atoms with Crippen LogP contribution in [0.4, 0.5) is 5.69 Å². The van der Waals surface area contributed by atoms with Crippen LogP contribution in [-0.2, 0) is 6.42 Å². The summed E-state index contributed by atoms with van der Waals surface area (Å²) >= 11 is 12.4. The molecule has 0 fully saturated rings. The summed E-state index contributed by atoms with van der Waals surface area (Å²) in [6, 6.07) is 1.86. The predicted octanol–water partition coefficient (Wildman–Crippen LogP) is 4.56. The second-order valence-electron chi connectivity index (χ2n) is 4.90. The Morgan fingerprint density at radius 2 is 2.32 bits per heavy atom. The first-order valence-electron chi connectivity index (χ1n) is 7.10. The van der Waals surface area contributed by atoms with E-state index in [0.717, 1.165) is 27.2 Å². The van der Waals surface area contributed by atoms with Gasteiger partial charge >= 0.3 is 0 Å². The van der Waals surface area contributed by atoms with Crippen molar-refractivity contribution in [2.75, 3.05) is 18.4 Å². The van der Waals surface area contributed by atoms with Crippen LogP contribution in [0.1, 0.15) is 17.4 Å². The quantitative estimate of drug-likeness (QED) is 0.405. The highest BCUT2D eigenvalue weighted by Crippen LogP contribution is 2.36. The van der Waals surface area contributed by atoms with Gasteiger partial charge < -0.3 is 11.1 Å². The number of hydrogen-bond donors (Lipinski definition) is 3. The molecule has 2 heterocycles. The highest BCUT2D eigenvalue weighted by atomic mass is 35.5. The van der Waals surface area contributed by atoms with Crippen LogP contribution in [0, 0.1) is 6.92 Å². The Bertz CT molecular complexity index is 720. The summed E-state index contributed by atoms with van der Waals surface area (Å²) in [5.41, 5.74) is 8.81. The number of anilines is 1. The van der Waals surface area contributed by atoms with E-state index >= 15 is 0 Å². The summed E-state index contributed by atoms with van der Waals surface area (Å²) < 4.78 is 1.12. The number of aryl methyl sites for hydroxylation is 1. The molecule has 0 aliphatic rings. The number of nitrogens with one attached hydrogen (secondary N) is 1. The molecule has 6 heteroatoms. The number of nitrogens with zero attached hydrogens (tertiary/aromatic N) is 1. The minimum absolute atomic E-state index is 0.494. The molecule has 118 valence electrons. The average Bonchev–Trinajstić information content (AvgIpc) is 2.80. The zero-order valence-corrected chi connectivity index (χ0v) is 15.2. The number of nitrogens with two attached hydrogens (primary N) is 1. The maximum Gasteiger partial charge on any atom is 0.131 e. The molecular weight excluding hydrogens is 334 g/mol. The van der Waals surface area contributed by atoms with Crippen molar-refractivity contribution in [3.05, 3.63) is 44.8 Å². The molecule has 0 aliphatic carbocycles. The first-order valence-corrected chi connectivity index (χ1v) is 8.74. The smallest absolute Gasteiger partial charge is 0.131 e. The lowest BCUT2D eigenvalue weighted by Crippen LogP contribution is -2.02. The van der Waals surface area contributed by atoms with Crippen LogP contribution < -0.4 is 11.1 Å². The Labute approximate surface area is 145 Å². The SMILES string of the molecule is C/C=C\C=C(/S)CNc1cc(Cl)nc2c(C)c(CCN)sc12. The molecule has 0 amide bonds. The number of halogens is 1. The fraction of sp³-hybridized carbons (Fsp3) is 0.312. The van der Waals surface area contributed by atoms with E-state index in [0.29, 0.717) is 18.2 Å². The van der Waals surface area contributed by atoms with Gasteiger partial charge in [0, 0.05) is 22.4 Å². The number of rotatable bonds is 6. The predicted molar refractivity (Wildman–Crippen MR) is 102 cm³/mol. The van der Waals surface area contributed by atoms with E-state index in [9.17, 15) is 0 Å². The van der Waals surface area contributed by atoms with Crippen molar-refractivity contribution in [2.24, 2.45) is 5.73 Å². The number of pyridine rings is 1. The Hall–Kier alpha value is -1.01. The van der Waals surface area contributed by atoms with Gasteiger partial charge in [0.05, 0.1) is 15.9 Å². The number of fused-ring (bicyclic) bond motifs is 1. The van der Waals surface area contributed by atoms with Crippen LogP contribution >= 0.6 is 35.6 Å². The fourth-order valence-corrected chi connectivity index (χ4v) is 3.76. The molecule has 2 aromatic rings. The van der Waals surface area contributed by atoms with Gasteiger partial charge in [0.15, 0.2) is 0 Å². The Morgan fingerprint density at radius 3 is 3.00 bits per heavy atom. The van der Waals surface area contributed by atoms with Crippen molar-refractivity contribution < 1.29 is 0 Å². The van der Waals surface area contributed by atoms with Gasteiger partial charge in [-0.2, -0.15) is 0 Å². The molecule has 0 spiro atoms. The molecule has 0 atom stereocenters. The largest absolute Gasteiger partial charge is 0.379 e. The van der Waals surface area contributed by atoms with Gasteiger partial charge in [-0.1, -0.05) is 29.8 Å². The van der Waals surface area contributed by atoms with Crippen molar-refractivity contribution in [3.8, 4) is 0 Å². The second kappa shape index (κ2) is 8.02. The molecule has 2 rings (SSSR count). The van der Waals surface area contributed by atoms with E-state index in [1.807, 2.05) is 31.2 Å². The molecule has 0 radical (unpaired) electrons. The molecule has 0 saturated carbocycles. The molecule has 0 bridgehead atoms. The van der Waals surface area contributed by atoms with Crippen LogP contribution in [0.5, 0.6) is 0 Å². The van der Waals surface area contributed by atoms with Crippen LogP contribution in [0.25, 0.3) is 10.2 Å². The van der Waals surface area contributed by atoms with Crippen LogP contribution in [0.15, 0.2) is 29.2 Å². The average molecular weight is 354 g/mol. The number of aromatic nitrogens is 1. The minimum Gasteiger partial charge on any atom is -0.379 e. The second-order valence-corrected chi connectivity index (χ2v) is 6.96. The first kappa shape index (κ1) is 17.3. The van der Waals surface area contributed by atoms with E-state index < -0.39 is 0 Å². The third-order valence-electron chi connectivity index (χ3n) is 3.25. The van der Waals surface area contributed by atoms with Gasteiger partial charge in [-0.3, -0.25) is 0 Å². The lowest BCUT2D eigenvalue weighted by molar-refractivity contribution is 0.981. The van der Waals surface area contributed by atoms with Gasteiger partial charge in [-0.05, 0) is 32.4 Å². The molecule has 0 aromatic carbocycles. The zero-order valence-electron chi connectivity index (χ0n) is 12.7. The highest BCUT2D eigenvalue weighted by Gasteiger charge is 2.14. The summed E-state index contributed by atoms with van der Waals surface area (Å²) in [4.78, 5) is 6.69. The Morgan fingerprint density at radius 1 is 1.55 bits per heavy atom. The van der Waals surface area contributed by atoms with E-state index in [4.69, 9.17) is 17.3 Å². The van der Waals surface area contributed by atoms with E-state index in [-0.39, 0.29) is 0 Å². The van der Waals surface area contributed by atoms with Gasteiger partial charge in [-0.25, -0.2) is 4.98 Å². The molecule has 22 heavy (non-hydrogen) atoms. The molecule has 3 N–H and O–H groups in total. The number of thiol groups is 1. The third-order valence-corrected chi connectivity index (χ3v) is 5.13. The lowest BCUT2D eigenvalue weighted by atomic mass is 10.2. The summed E-state index contributed by atoms with van der Waals surface area (Å²) in [6.45, 7) is 5.33. The molecule has 0 saturated heterocycles. The monoisotopic (exact) mass is 353 g/mol. The molecule has 3 nitrogen and oxygen atoms in total. The van der Waals surface area contributed by atoms with E-state index in [2.05, 4.69) is 29.9 Å². The Kier molecular flexibility index (Phi) is 6.32. The lowest BCUT2D eigenvalue weighted by Gasteiger charge is -2.08. The van der Waals surface area contributed by atoms with Gasteiger partial charge in [0.1, 0.15) is 5.15 Å². The van der Waals surface area contributed by atoms with Crippen molar-refractivity contribution in [2.45, 2.75) is 20.3 Å². The van der Waals surface area contributed by atoms with E-state index in [1.165, 1.54) is 10.4 Å². The summed E-state index contributed by atoms with van der Waals surface area (Å²) in [5, 5.41) is 3.89. The van der Waals surface area contributed by atoms with Gasteiger partial charge in [0.25, 0.3) is 0 Å². The summed E-state index contributed by atoms with van der Waals surface area (Å²) in [5.74, 6) is 0. The molecule has 2 aromatic heterocycles. The van der Waals surface area contributed by atoms with Crippen LogP contribution in [0.2, 0.25) is 5.15 Å². The number of hydrogen-bond acceptors (Lipinski definition) is 5. The van der Waals surface area contributed by atoms with Crippen molar-refractivity contribution >= 4 is 51.5 Å². The molecule has 0 unspecified atom stereocenters. The van der Waals surface area contributed by atoms with Gasteiger partial charge in [-0.15, -0.1) is 24.0 Å². The zero-order chi connectivity index (χ0) is 16.1. The summed E-state index contributed by atoms with van der Waals surface area (Å²) in [6.07, 6.45) is 6.77. The topological polar surface area (TPSA) is 50.9 Å². The maximum atomic E-state index is 6.16. The first-order chi connectivity index (χ1) is 10.6. The van der Waals surface area contributed by atoms with Crippen LogP contribution in [0.3, 0.4) is 0 Å². The Balaban J connectivity index is 2.34. The van der Waals surface area contributed by atoms with Crippen molar-refractivity contribution in [3.63, 3.8) is 0 Å². The highest BCUT2D eigenvalue weighted by molar-refractivity contribution is 7.84. The standard InChI is InChI=1S/C16H20ClN3S2/c1-3-4-5-11(21)9-19-12-8-14(17)20-15-10(2)13(6-7-18)22-16(12)15/h3-5,8,21H,6-7,9,18H2,1-2H3,(H,19,20)/b4-3-,11-5-. The van der Waals surface area contributed by atoms with Gasteiger partial charge in [0.2, 0.25) is 0 Å². The molecule has 0 aliphatic heterocycles. The van der Waals surface area contributed by atoms with Crippen molar-refractivity contribution in [1.82, 2.24) is 4.98 Å². The minimum atomic E-state index is 0.494. The summed E-state index contributed by atoms with van der Waals surface area (Å²) in [7, 11) is 0. The fourth-order valence-electron chi connectivity index (χ4n) is 2.14.